The number of hydrogen-bond donors (Lipinski definition) is 1. The van der Waals surface area contributed by atoms with Gasteiger partial charge in [-0.15, -0.1) is 0 Å². The molecule has 1 fully saturated rings. The molecule has 0 spiro atoms. The van der Waals surface area contributed by atoms with Crippen molar-refractivity contribution in [1.29, 1.82) is 0 Å². The van der Waals surface area contributed by atoms with Crippen molar-refractivity contribution in [3.63, 3.8) is 0 Å². The molecule has 0 unspecified atom stereocenters. The van der Waals surface area contributed by atoms with Crippen molar-refractivity contribution in [2.24, 2.45) is 5.92 Å². The Morgan fingerprint density at radius 3 is 2.75 bits per heavy atom. The molecule has 1 aromatic carbocycles. The number of carbonyl (C=O) groups excluding carboxylic acids is 1. The fraction of sp³-hybridized carbons (Fsp3) is 0.500. The zero-order chi connectivity index (χ0) is 17.5. The molecule has 24 heavy (non-hydrogen) atoms. The monoisotopic (exact) mass is 358 g/mol. The molecule has 0 saturated carbocycles. The molecular weight excluding hydrogens is 338 g/mol. The minimum atomic E-state index is -2.85. The number of hydrogen-bond acceptors (Lipinski definition) is 4. The first-order chi connectivity index (χ1) is 11.5. The number of thiocarbonyl (C=S) groups is 1. The highest BCUT2D eigenvalue weighted by Crippen LogP contribution is 2.21. The summed E-state index contributed by atoms with van der Waals surface area (Å²) in [7, 11) is 0. The van der Waals surface area contributed by atoms with E-state index in [1.54, 1.807) is 19.1 Å². The molecule has 1 aliphatic rings. The fourth-order valence-electron chi connectivity index (χ4n) is 2.54. The summed E-state index contributed by atoms with van der Waals surface area (Å²) in [5, 5.41) is 3.54. The largest absolute Gasteiger partial charge is 0.466 e. The summed E-state index contributed by atoms with van der Waals surface area (Å²) in [6.07, 6.45) is 1.64. The Kier molecular flexibility index (Phi) is 6.72. The van der Waals surface area contributed by atoms with E-state index in [-0.39, 0.29) is 17.6 Å². The van der Waals surface area contributed by atoms with Crippen molar-refractivity contribution in [2.45, 2.75) is 26.4 Å². The molecule has 8 heteroatoms. The lowest BCUT2D eigenvalue weighted by Crippen LogP contribution is -2.44. The Morgan fingerprint density at radius 2 is 2.12 bits per heavy atom. The van der Waals surface area contributed by atoms with Crippen LogP contribution in [0, 0.1) is 5.92 Å². The van der Waals surface area contributed by atoms with E-state index in [9.17, 15) is 13.6 Å². The van der Waals surface area contributed by atoms with Gasteiger partial charge in [-0.2, -0.15) is 8.78 Å². The standard InChI is InChI=1S/C16H20F2N2O3S/c1-2-22-14(21)11-4-3-9-20(10-11)16(24)19-12-5-7-13(8-6-12)23-15(17)18/h5-8,11,15H,2-4,9-10H2,1H3,(H,19,24)/t11-/m0/s1. The molecule has 0 bridgehead atoms. The van der Waals surface area contributed by atoms with Crippen molar-refractivity contribution in [2.75, 3.05) is 25.0 Å². The maximum atomic E-state index is 12.1. The van der Waals surface area contributed by atoms with Gasteiger partial charge in [-0.25, -0.2) is 0 Å². The number of ether oxygens (including phenoxy) is 2. The van der Waals surface area contributed by atoms with Crippen LogP contribution in [0.5, 0.6) is 5.75 Å². The molecule has 5 nitrogen and oxygen atoms in total. The van der Waals surface area contributed by atoms with E-state index >= 15 is 0 Å². The van der Waals surface area contributed by atoms with E-state index in [1.807, 2.05) is 4.90 Å². The summed E-state index contributed by atoms with van der Waals surface area (Å²) in [6.45, 7) is 0.570. The number of rotatable bonds is 5. The normalized spacial score (nSPS) is 17.5. The van der Waals surface area contributed by atoms with Gasteiger partial charge in [0.1, 0.15) is 5.75 Å². The molecule has 1 saturated heterocycles. The molecule has 132 valence electrons. The van der Waals surface area contributed by atoms with Gasteiger partial charge in [-0.3, -0.25) is 4.79 Å². The van der Waals surface area contributed by atoms with Gasteiger partial charge in [0.15, 0.2) is 5.11 Å². The van der Waals surface area contributed by atoms with Crippen LogP contribution < -0.4 is 10.1 Å². The Bertz CT molecular complexity index is 569. The molecule has 1 atom stereocenters. The second-order valence-corrected chi connectivity index (χ2v) is 5.76. The number of nitrogens with zero attached hydrogens (tertiary/aromatic N) is 1. The van der Waals surface area contributed by atoms with Crippen molar-refractivity contribution < 1.29 is 23.0 Å². The molecule has 1 N–H and O–H groups in total. The average Bonchev–Trinajstić information content (AvgIpc) is 2.56. The van der Waals surface area contributed by atoms with E-state index in [2.05, 4.69) is 10.1 Å². The lowest BCUT2D eigenvalue weighted by atomic mass is 9.98. The summed E-state index contributed by atoms with van der Waals surface area (Å²) in [6, 6.07) is 6.09. The Hall–Kier alpha value is -1.96. The highest BCUT2D eigenvalue weighted by atomic mass is 32.1. The van der Waals surface area contributed by atoms with Crippen LogP contribution in [0.15, 0.2) is 24.3 Å². The first kappa shape index (κ1) is 18.4. The molecule has 1 aliphatic heterocycles. The van der Waals surface area contributed by atoms with Gasteiger partial charge in [-0.05, 0) is 56.2 Å². The van der Waals surface area contributed by atoms with Gasteiger partial charge >= 0.3 is 12.6 Å². The number of alkyl halides is 2. The average molecular weight is 358 g/mol. The predicted molar refractivity (Wildman–Crippen MR) is 90.2 cm³/mol. The number of nitrogens with one attached hydrogen (secondary N) is 1. The minimum Gasteiger partial charge on any atom is -0.466 e. The quantitative estimate of drug-likeness (QED) is 0.644. The van der Waals surface area contributed by atoms with Gasteiger partial charge in [0, 0.05) is 18.8 Å². The number of benzene rings is 1. The predicted octanol–water partition coefficient (Wildman–Crippen LogP) is 3.26. The van der Waals surface area contributed by atoms with Crippen molar-refractivity contribution in [3.05, 3.63) is 24.3 Å². The van der Waals surface area contributed by atoms with Crippen LogP contribution in [-0.2, 0) is 9.53 Å². The molecule has 1 heterocycles. The van der Waals surface area contributed by atoms with Crippen LogP contribution in [-0.4, -0.2) is 42.3 Å². The molecule has 0 radical (unpaired) electrons. The van der Waals surface area contributed by atoms with E-state index in [0.717, 1.165) is 19.4 Å². The number of esters is 1. The molecule has 0 amide bonds. The number of carbonyl (C=O) groups is 1. The zero-order valence-electron chi connectivity index (χ0n) is 13.3. The lowest BCUT2D eigenvalue weighted by Gasteiger charge is -2.33. The van der Waals surface area contributed by atoms with Gasteiger partial charge in [0.2, 0.25) is 0 Å². The second-order valence-electron chi connectivity index (χ2n) is 5.37. The summed E-state index contributed by atoms with van der Waals surface area (Å²) in [5.41, 5.74) is 0.667. The molecule has 0 aromatic heterocycles. The van der Waals surface area contributed by atoms with Gasteiger partial charge in [0.25, 0.3) is 0 Å². The van der Waals surface area contributed by atoms with Crippen LogP contribution in [0.2, 0.25) is 0 Å². The van der Waals surface area contributed by atoms with Crippen LogP contribution in [0.4, 0.5) is 14.5 Å². The third-order valence-corrected chi connectivity index (χ3v) is 4.02. The number of piperidine rings is 1. The van der Waals surface area contributed by atoms with Gasteiger partial charge < -0.3 is 19.7 Å². The number of halogens is 2. The summed E-state index contributed by atoms with van der Waals surface area (Å²) in [5.74, 6) is -0.291. The molecule has 1 aromatic rings. The molecular formula is C16H20F2N2O3S. The maximum absolute atomic E-state index is 12.1. The molecule has 0 aliphatic carbocycles. The van der Waals surface area contributed by atoms with Crippen molar-refractivity contribution >= 4 is 29.0 Å². The third kappa shape index (κ3) is 5.30. The first-order valence-corrected chi connectivity index (χ1v) is 8.18. The van der Waals surface area contributed by atoms with Crippen LogP contribution >= 0.6 is 12.2 Å². The van der Waals surface area contributed by atoms with Gasteiger partial charge in [-0.1, -0.05) is 0 Å². The SMILES string of the molecule is CCOC(=O)[C@H]1CCCN(C(=S)Nc2ccc(OC(F)F)cc2)C1. The van der Waals surface area contributed by atoms with E-state index < -0.39 is 6.61 Å². The lowest BCUT2D eigenvalue weighted by molar-refractivity contribution is -0.149. The fourth-order valence-corrected chi connectivity index (χ4v) is 2.82. The zero-order valence-corrected chi connectivity index (χ0v) is 14.2. The smallest absolute Gasteiger partial charge is 0.387 e. The second kappa shape index (κ2) is 8.77. The summed E-state index contributed by atoms with van der Waals surface area (Å²) in [4.78, 5) is 13.8. The summed E-state index contributed by atoms with van der Waals surface area (Å²) < 4.78 is 33.6. The maximum Gasteiger partial charge on any atom is 0.387 e. The summed E-state index contributed by atoms with van der Waals surface area (Å²) >= 11 is 5.37. The Balaban J connectivity index is 1.90. The topological polar surface area (TPSA) is 50.8 Å². The molecule has 2 rings (SSSR count). The van der Waals surface area contributed by atoms with Crippen molar-refractivity contribution in [3.8, 4) is 5.75 Å². The van der Waals surface area contributed by atoms with E-state index in [4.69, 9.17) is 17.0 Å². The number of likely N-dealkylation sites (tertiary alicyclic amines) is 1. The van der Waals surface area contributed by atoms with Crippen LogP contribution in [0.25, 0.3) is 0 Å². The highest BCUT2D eigenvalue weighted by molar-refractivity contribution is 7.80. The Morgan fingerprint density at radius 1 is 1.42 bits per heavy atom. The Labute approximate surface area is 144 Å². The van der Waals surface area contributed by atoms with Crippen LogP contribution in [0.1, 0.15) is 19.8 Å². The van der Waals surface area contributed by atoms with E-state index in [1.165, 1.54) is 12.1 Å². The number of anilines is 1. The first-order valence-electron chi connectivity index (χ1n) is 7.77. The third-order valence-electron chi connectivity index (χ3n) is 3.66. The van der Waals surface area contributed by atoms with Crippen molar-refractivity contribution in [1.82, 2.24) is 4.90 Å². The van der Waals surface area contributed by atoms with E-state index in [0.29, 0.717) is 24.0 Å². The highest BCUT2D eigenvalue weighted by Gasteiger charge is 2.28. The van der Waals surface area contributed by atoms with Gasteiger partial charge in [0.05, 0.1) is 12.5 Å². The van der Waals surface area contributed by atoms with Crippen LogP contribution in [0.3, 0.4) is 0 Å². The minimum absolute atomic E-state index is 0.0850.